The highest BCUT2D eigenvalue weighted by atomic mass is 32.1. The number of unbranched alkanes of at least 4 members (excludes halogenated alkanes) is 1. The number of nitrogens with one attached hydrogen (secondary N) is 1. The molecule has 2 aromatic heterocycles. The van der Waals surface area contributed by atoms with E-state index in [1.54, 1.807) is 0 Å². The van der Waals surface area contributed by atoms with Gasteiger partial charge in [0.2, 0.25) is 0 Å². The second-order valence-corrected chi connectivity index (χ2v) is 7.65. The van der Waals surface area contributed by atoms with Gasteiger partial charge in [0.25, 0.3) is 0 Å². The first-order chi connectivity index (χ1) is 13.7. The maximum Gasteiger partial charge on any atom is 0.170 e. The molecule has 0 saturated carbocycles. The Morgan fingerprint density at radius 3 is 2.64 bits per heavy atom. The molecule has 1 N–H and O–H groups in total. The Bertz CT molecular complexity index is 950. The Balaban J connectivity index is 1.81. The molecule has 1 saturated heterocycles. The summed E-state index contributed by atoms with van der Waals surface area (Å²) in [5.74, 6) is 0. The Hall–Kier alpha value is -2.66. The normalized spacial score (nSPS) is 19.1. The Morgan fingerprint density at radius 2 is 1.89 bits per heavy atom. The fourth-order valence-corrected chi connectivity index (χ4v) is 4.32. The Morgan fingerprint density at radius 1 is 1.07 bits per heavy atom. The third-order valence-electron chi connectivity index (χ3n) is 5.41. The van der Waals surface area contributed by atoms with Crippen molar-refractivity contribution >= 4 is 17.3 Å². The van der Waals surface area contributed by atoms with E-state index in [9.17, 15) is 0 Å². The molecule has 3 aromatic rings. The van der Waals surface area contributed by atoms with Crippen LogP contribution in [0.3, 0.4) is 0 Å². The molecular weight excluding hydrogens is 364 g/mol. The first kappa shape index (κ1) is 18.7. The summed E-state index contributed by atoms with van der Waals surface area (Å²) >= 11 is 5.75. The van der Waals surface area contributed by atoms with E-state index < -0.39 is 0 Å². The van der Waals surface area contributed by atoms with E-state index in [-0.39, 0.29) is 12.1 Å². The molecule has 0 aliphatic carbocycles. The maximum absolute atomic E-state index is 5.75. The number of benzene rings is 1. The van der Waals surface area contributed by atoms with Crippen LogP contribution in [-0.2, 0) is 0 Å². The summed E-state index contributed by atoms with van der Waals surface area (Å²) in [4.78, 5) is 6.97. The van der Waals surface area contributed by atoms with Gasteiger partial charge in [-0.05, 0) is 61.5 Å². The van der Waals surface area contributed by atoms with Crippen LogP contribution in [0.5, 0.6) is 0 Å². The minimum atomic E-state index is 0.0308. The van der Waals surface area contributed by atoms with Crippen molar-refractivity contribution in [1.29, 1.82) is 0 Å². The lowest BCUT2D eigenvalue weighted by molar-refractivity contribution is 0.304. The van der Waals surface area contributed by atoms with Crippen LogP contribution in [-0.4, -0.2) is 26.1 Å². The number of aromatic nitrogens is 2. The van der Waals surface area contributed by atoms with Crippen LogP contribution in [0.15, 0.2) is 67.0 Å². The SMILES string of the molecule is CCCCN1C(=S)NC(c2ccccn2)C1c1cccn1-c1ccccc1C. The number of hydrogen-bond donors (Lipinski definition) is 1. The third-order valence-corrected chi connectivity index (χ3v) is 5.76. The molecule has 1 aromatic carbocycles. The molecule has 1 aliphatic heterocycles. The van der Waals surface area contributed by atoms with Crippen LogP contribution >= 0.6 is 12.2 Å². The van der Waals surface area contributed by atoms with Gasteiger partial charge in [-0.1, -0.05) is 37.6 Å². The van der Waals surface area contributed by atoms with Crippen molar-refractivity contribution in [3.63, 3.8) is 0 Å². The third kappa shape index (κ3) is 3.42. The van der Waals surface area contributed by atoms with Gasteiger partial charge in [-0.2, -0.15) is 0 Å². The van der Waals surface area contributed by atoms with E-state index in [1.165, 1.54) is 16.9 Å². The average Bonchev–Trinajstić information content (AvgIpc) is 3.31. The number of rotatable bonds is 6. The molecule has 1 aliphatic rings. The molecule has 4 rings (SSSR count). The van der Waals surface area contributed by atoms with E-state index in [2.05, 4.69) is 82.3 Å². The number of hydrogen-bond acceptors (Lipinski definition) is 2. The lowest BCUT2D eigenvalue weighted by Gasteiger charge is -2.29. The molecule has 0 radical (unpaired) electrons. The quantitative estimate of drug-likeness (QED) is 0.604. The van der Waals surface area contributed by atoms with Gasteiger partial charge in [-0.3, -0.25) is 4.98 Å². The lowest BCUT2D eigenvalue weighted by Crippen LogP contribution is -2.31. The van der Waals surface area contributed by atoms with Crippen molar-refractivity contribution in [2.75, 3.05) is 6.54 Å². The van der Waals surface area contributed by atoms with E-state index >= 15 is 0 Å². The first-order valence-electron chi connectivity index (χ1n) is 9.92. The second-order valence-electron chi connectivity index (χ2n) is 7.26. The van der Waals surface area contributed by atoms with Crippen LogP contribution in [0.2, 0.25) is 0 Å². The van der Waals surface area contributed by atoms with Gasteiger partial charge >= 0.3 is 0 Å². The predicted octanol–water partition coefficient (Wildman–Crippen LogP) is 4.95. The molecule has 3 heterocycles. The molecule has 5 heteroatoms. The van der Waals surface area contributed by atoms with E-state index in [0.717, 1.165) is 30.2 Å². The largest absolute Gasteiger partial charge is 0.352 e. The molecule has 0 amide bonds. The standard InChI is InChI=1S/C23H26N4S/c1-3-4-15-27-22(21(25-23(27)28)18-11-7-8-14-24-18)20-13-9-16-26(20)19-12-6-5-10-17(19)2/h5-14,16,21-22H,3-4,15H2,1-2H3,(H,25,28). The summed E-state index contributed by atoms with van der Waals surface area (Å²) in [6, 6.07) is 19.0. The maximum atomic E-state index is 5.75. The fraction of sp³-hybridized carbons (Fsp3) is 0.304. The van der Waals surface area contributed by atoms with Crippen molar-refractivity contribution in [3.05, 3.63) is 83.9 Å². The molecule has 2 unspecified atom stereocenters. The Kier molecular flexibility index (Phi) is 5.44. The average molecular weight is 391 g/mol. The van der Waals surface area contributed by atoms with Gasteiger partial charge < -0.3 is 14.8 Å². The van der Waals surface area contributed by atoms with Crippen LogP contribution in [0.25, 0.3) is 5.69 Å². The molecule has 1 fully saturated rings. The van der Waals surface area contributed by atoms with Gasteiger partial charge in [0.05, 0.1) is 17.8 Å². The molecule has 144 valence electrons. The summed E-state index contributed by atoms with van der Waals surface area (Å²) in [6.45, 7) is 5.31. The number of pyridine rings is 1. The molecule has 0 bridgehead atoms. The van der Waals surface area contributed by atoms with Gasteiger partial charge in [0.15, 0.2) is 5.11 Å². The molecule has 0 spiro atoms. The van der Waals surface area contributed by atoms with Crippen LogP contribution < -0.4 is 5.32 Å². The number of aryl methyl sites for hydroxylation is 1. The molecular formula is C23H26N4S. The van der Waals surface area contributed by atoms with E-state index in [0.29, 0.717) is 0 Å². The number of nitrogens with zero attached hydrogens (tertiary/aromatic N) is 3. The summed E-state index contributed by atoms with van der Waals surface area (Å²) in [5, 5.41) is 4.35. The summed E-state index contributed by atoms with van der Waals surface area (Å²) in [5.41, 5.74) is 4.71. The number of para-hydroxylation sites is 1. The molecule has 2 atom stereocenters. The zero-order valence-electron chi connectivity index (χ0n) is 16.4. The minimum absolute atomic E-state index is 0.0308. The second kappa shape index (κ2) is 8.15. The van der Waals surface area contributed by atoms with Gasteiger partial charge in [0.1, 0.15) is 0 Å². The topological polar surface area (TPSA) is 33.1 Å². The highest BCUT2D eigenvalue weighted by Gasteiger charge is 2.40. The summed E-state index contributed by atoms with van der Waals surface area (Å²) < 4.78 is 2.30. The zero-order valence-corrected chi connectivity index (χ0v) is 17.2. The van der Waals surface area contributed by atoms with Gasteiger partial charge in [-0.25, -0.2) is 0 Å². The van der Waals surface area contributed by atoms with Crippen molar-refractivity contribution in [1.82, 2.24) is 19.8 Å². The lowest BCUT2D eigenvalue weighted by atomic mass is 10.0. The zero-order chi connectivity index (χ0) is 19.5. The van der Waals surface area contributed by atoms with Crippen LogP contribution in [0.4, 0.5) is 0 Å². The monoisotopic (exact) mass is 390 g/mol. The van der Waals surface area contributed by atoms with Gasteiger partial charge in [-0.15, -0.1) is 0 Å². The van der Waals surface area contributed by atoms with E-state index in [1.807, 2.05) is 18.3 Å². The molecule has 4 nitrogen and oxygen atoms in total. The van der Waals surface area contributed by atoms with Crippen LogP contribution in [0, 0.1) is 6.92 Å². The fourth-order valence-electron chi connectivity index (χ4n) is 3.98. The summed E-state index contributed by atoms with van der Waals surface area (Å²) in [6.07, 6.45) is 6.25. The van der Waals surface area contributed by atoms with Crippen molar-refractivity contribution in [2.24, 2.45) is 0 Å². The predicted molar refractivity (Wildman–Crippen MR) is 118 cm³/mol. The van der Waals surface area contributed by atoms with Crippen molar-refractivity contribution < 1.29 is 0 Å². The van der Waals surface area contributed by atoms with E-state index in [4.69, 9.17) is 12.2 Å². The smallest absolute Gasteiger partial charge is 0.170 e. The van der Waals surface area contributed by atoms with Crippen LogP contribution in [0.1, 0.15) is 48.8 Å². The van der Waals surface area contributed by atoms with Crippen molar-refractivity contribution in [2.45, 2.75) is 38.8 Å². The van der Waals surface area contributed by atoms with Gasteiger partial charge in [0, 0.05) is 30.3 Å². The molecule has 28 heavy (non-hydrogen) atoms. The number of thiocarbonyl (C=S) groups is 1. The highest BCUT2D eigenvalue weighted by molar-refractivity contribution is 7.80. The first-order valence-corrected chi connectivity index (χ1v) is 10.3. The summed E-state index contributed by atoms with van der Waals surface area (Å²) in [7, 11) is 0. The Labute approximate surface area is 172 Å². The minimum Gasteiger partial charge on any atom is -0.352 e. The van der Waals surface area contributed by atoms with Crippen molar-refractivity contribution in [3.8, 4) is 5.69 Å². The highest BCUT2D eigenvalue weighted by Crippen LogP contribution is 2.39.